The fourth-order valence-electron chi connectivity index (χ4n) is 3.10. The topological polar surface area (TPSA) is 55.1 Å². The molecule has 0 N–H and O–H groups in total. The highest BCUT2D eigenvalue weighted by Gasteiger charge is 2.31. The van der Waals surface area contributed by atoms with E-state index in [1.165, 1.54) is 12.1 Å². The van der Waals surface area contributed by atoms with Crippen LogP contribution in [0.25, 0.3) is 10.6 Å². The number of nitriles is 1. The van der Waals surface area contributed by atoms with Gasteiger partial charge in [0, 0.05) is 11.6 Å². The molecule has 2 aromatic carbocycles. The van der Waals surface area contributed by atoms with E-state index in [9.17, 15) is 30.7 Å². The molecule has 1 heterocycles. The summed E-state index contributed by atoms with van der Waals surface area (Å²) >= 11 is 1.14. The Bertz CT molecular complexity index is 1230. The Kier molecular flexibility index (Phi) is 7.59. The van der Waals surface area contributed by atoms with Gasteiger partial charge in [-0.2, -0.15) is 31.6 Å². The Hall–Kier alpha value is -3.33. The average Bonchev–Trinajstić information content (AvgIpc) is 3.17. The minimum absolute atomic E-state index is 0.313. The number of halogens is 7. The van der Waals surface area contributed by atoms with Gasteiger partial charge < -0.3 is 9.47 Å². The number of rotatable bonds is 7. The molecule has 1 unspecified atom stereocenters. The third kappa shape index (κ3) is 6.42. The van der Waals surface area contributed by atoms with Crippen LogP contribution in [0.1, 0.15) is 41.1 Å². The van der Waals surface area contributed by atoms with Gasteiger partial charge in [-0.25, -0.2) is 9.37 Å². The van der Waals surface area contributed by atoms with Crippen LogP contribution in [0.2, 0.25) is 0 Å². The summed E-state index contributed by atoms with van der Waals surface area (Å²) in [5.74, 6) is -1.87. The zero-order valence-electron chi connectivity index (χ0n) is 18.2. The summed E-state index contributed by atoms with van der Waals surface area (Å²) in [6.45, 7) is 1.71. The molecule has 1 atom stereocenters. The Balaban J connectivity index is 1.89. The van der Waals surface area contributed by atoms with Gasteiger partial charge in [0.05, 0.1) is 21.7 Å². The van der Waals surface area contributed by atoms with E-state index in [0.717, 1.165) is 35.6 Å². The van der Waals surface area contributed by atoms with E-state index >= 15 is 0 Å². The van der Waals surface area contributed by atoms with Crippen molar-refractivity contribution in [3.63, 3.8) is 0 Å². The van der Waals surface area contributed by atoms with Crippen molar-refractivity contribution in [2.45, 2.75) is 38.7 Å². The van der Waals surface area contributed by atoms with Crippen LogP contribution in [0.15, 0.2) is 36.4 Å². The first-order chi connectivity index (χ1) is 16.3. The normalized spacial score (nSPS) is 12.8. The van der Waals surface area contributed by atoms with Gasteiger partial charge in [-0.05, 0) is 31.5 Å². The van der Waals surface area contributed by atoms with Crippen LogP contribution in [0.4, 0.5) is 30.7 Å². The molecule has 12 heteroatoms. The molecule has 4 nitrogen and oxygen atoms in total. The number of ether oxygens (including phenoxy) is 2. The van der Waals surface area contributed by atoms with E-state index in [0.29, 0.717) is 27.6 Å². The molecule has 0 aliphatic carbocycles. The van der Waals surface area contributed by atoms with E-state index in [2.05, 4.69) is 9.72 Å². The van der Waals surface area contributed by atoms with Crippen molar-refractivity contribution < 1.29 is 40.2 Å². The van der Waals surface area contributed by atoms with Crippen molar-refractivity contribution in [1.82, 2.24) is 4.98 Å². The number of alkyl halides is 6. The lowest BCUT2D eigenvalue weighted by Gasteiger charge is -2.19. The molecule has 3 aromatic rings. The highest BCUT2D eigenvalue weighted by molar-refractivity contribution is 7.15. The molecule has 0 radical (unpaired) electrons. The number of thiazole rings is 1. The lowest BCUT2D eigenvalue weighted by molar-refractivity contribution is -0.153. The number of hydrogen-bond acceptors (Lipinski definition) is 5. The maximum absolute atomic E-state index is 14.6. The molecule has 0 bridgehead atoms. The molecule has 35 heavy (non-hydrogen) atoms. The van der Waals surface area contributed by atoms with Crippen LogP contribution in [-0.4, -0.2) is 17.8 Å². The fourth-order valence-corrected chi connectivity index (χ4v) is 4.28. The van der Waals surface area contributed by atoms with E-state index < -0.39 is 53.5 Å². The molecule has 0 saturated heterocycles. The second kappa shape index (κ2) is 10.1. The van der Waals surface area contributed by atoms with Crippen molar-refractivity contribution in [3.05, 3.63) is 63.9 Å². The summed E-state index contributed by atoms with van der Waals surface area (Å²) in [5, 5.41) is 9.51. The van der Waals surface area contributed by atoms with Gasteiger partial charge in [-0.15, -0.1) is 11.3 Å². The molecule has 0 fully saturated rings. The van der Waals surface area contributed by atoms with Crippen molar-refractivity contribution >= 4 is 11.3 Å². The zero-order chi connectivity index (χ0) is 26.0. The highest BCUT2D eigenvalue weighted by atomic mass is 32.1. The summed E-state index contributed by atoms with van der Waals surface area (Å²) in [5.41, 5.74) is -0.283. The minimum Gasteiger partial charge on any atom is -0.483 e. The summed E-state index contributed by atoms with van der Waals surface area (Å²) in [6, 6.07) is 7.64. The molecular formula is C23H17F7N2O2S. The van der Waals surface area contributed by atoms with Crippen LogP contribution in [0, 0.1) is 24.1 Å². The first kappa shape index (κ1) is 26.3. The Morgan fingerprint density at radius 1 is 1.06 bits per heavy atom. The quantitative estimate of drug-likeness (QED) is 0.302. The first-order valence-electron chi connectivity index (χ1n) is 10.1. The number of benzene rings is 2. The van der Waals surface area contributed by atoms with Crippen LogP contribution in [0.3, 0.4) is 0 Å². The van der Waals surface area contributed by atoms with Crippen molar-refractivity contribution in [3.8, 4) is 28.1 Å². The van der Waals surface area contributed by atoms with E-state index in [1.807, 2.05) is 0 Å². The fraction of sp³-hybridized carbons (Fsp3) is 0.304. The van der Waals surface area contributed by atoms with Crippen LogP contribution < -0.4 is 9.47 Å². The Morgan fingerprint density at radius 2 is 1.71 bits per heavy atom. The van der Waals surface area contributed by atoms with Crippen LogP contribution >= 0.6 is 11.3 Å². The third-order valence-electron chi connectivity index (χ3n) is 4.77. The van der Waals surface area contributed by atoms with E-state index in [4.69, 9.17) is 10.00 Å². The zero-order valence-corrected chi connectivity index (χ0v) is 19.0. The largest absolute Gasteiger partial charge is 0.483 e. The molecule has 186 valence electrons. The maximum atomic E-state index is 14.6. The average molecular weight is 518 g/mol. The first-order valence-corrected chi connectivity index (χ1v) is 10.9. The molecule has 0 amide bonds. The molecular weight excluding hydrogens is 501 g/mol. The Morgan fingerprint density at radius 3 is 2.26 bits per heavy atom. The van der Waals surface area contributed by atoms with Gasteiger partial charge in [-0.3, -0.25) is 0 Å². The monoisotopic (exact) mass is 518 g/mol. The predicted molar refractivity (Wildman–Crippen MR) is 114 cm³/mol. The lowest BCUT2D eigenvalue weighted by atomic mass is 10.1. The van der Waals surface area contributed by atoms with E-state index in [-0.39, 0.29) is 0 Å². The number of aromatic nitrogens is 1. The standard InChI is InChI=1S/C23H17F7N2O2S/c1-3-17(34-19-9-18(33-11-22(25,26)27)14(10-31)8-16(19)24)20-12(2)32-21(35-20)13-4-6-15(7-5-13)23(28,29)30/h4-9,17H,3,11H2,1-2H3. The highest BCUT2D eigenvalue weighted by Crippen LogP contribution is 2.39. The summed E-state index contributed by atoms with van der Waals surface area (Å²) in [6.07, 6.45) is -9.60. The summed E-state index contributed by atoms with van der Waals surface area (Å²) < 4.78 is 101. The molecule has 0 aliphatic heterocycles. The Labute approximate surface area is 199 Å². The van der Waals surface area contributed by atoms with Crippen LogP contribution in [-0.2, 0) is 6.18 Å². The second-order valence-corrected chi connectivity index (χ2v) is 8.38. The van der Waals surface area contributed by atoms with Gasteiger partial charge in [0.1, 0.15) is 22.9 Å². The lowest BCUT2D eigenvalue weighted by Crippen LogP contribution is -2.19. The van der Waals surface area contributed by atoms with Crippen molar-refractivity contribution in [2.75, 3.05) is 6.61 Å². The number of aryl methyl sites for hydroxylation is 1. The molecule has 0 spiro atoms. The van der Waals surface area contributed by atoms with Gasteiger partial charge in [0.2, 0.25) is 0 Å². The van der Waals surface area contributed by atoms with Crippen LogP contribution in [0.5, 0.6) is 11.5 Å². The maximum Gasteiger partial charge on any atom is 0.422 e. The molecule has 0 saturated carbocycles. The van der Waals surface area contributed by atoms with Gasteiger partial charge >= 0.3 is 12.4 Å². The summed E-state index contributed by atoms with van der Waals surface area (Å²) in [7, 11) is 0. The van der Waals surface area contributed by atoms with E-state index in [1.54, 1.807) is 19.9 Å². The number of nitrogens with zero attached hydrogens (tertiary/aromatic N) is 2. The molecule has 3 rings (SSSR count). The smallest absolute Gasteiger partial charge is 0.422 e. The van der Waals surface area contributed by atoms with Gasteiger partial charge in [-0.1, -0.05) is 19.1 Å². The predicted octanol–water partition coefficient (Wildman–Crippen LogP) is 7.62. The summed E-state index contributed by atoms with van der Waals surface area (Å²) in [4.78, 5) is 4.94. The second-order valence-electron chi connectivity index (χ2n) is 7.35. The molecule has 1 aromatic heterocycles. The van der Waals surface area contributed by atoms with Gasteiger partial charge in [0.25, 0.3) is 0 Å². The van der Waals surface area contributed by atoms with Gasteiger partial charge in [0.15, 0.2) is 18.2 Å². The van der Waals surface area contributed by atoms with Crippen molar-refractivity contribution in [2.24, 2.45) is 0 Å². The number of hydrogen-bond donors (Lipinski definition) is 0. The van der Waals surface area contributed by atoms with Crippen molar-refractivity contribution in [1.29, 1.82) is 5.26 Å². The minimum atomic E-state index is -4.66. The third-order valence-corrected chi connectivity index (χ3v) is 6.07. The SMILES string of the molecule is CCC(Oc1cc(OCC(F)(F)F)c(C#N)cc1F)c1sc(-c2ccc(C(F)(F)F)cc2)nc1C. The molecule has 0 aliphatic rings.